The molecule has 1 heterocycles. The van der Waals surface area contributed by atoms with Crippen molar-refractivity contribution in [1.82, 2.24) is 0 Å². The summed E-state index contributed by atoms with van der Waals surface area (Å²) in [5, 5.41) is 20.6. The van der Waals surface area contributed by atoms with Crippen molar-refractivity contribution in [3.8, 4) is 0 Å². The fraction of sp³-hybridized carbons (Fsp3) is 0.783. The van der Waals surface area contributed by atoms with E-state index in [1.54, 1.807) is 11.6 Å². The molecule has 0 amide bonds. The van der Waals surface area contributed by atoms with Crippen molar-refractivity contribution in [2.45, 2.75) is 71.0 Å². The van der Waals surface area contributed by atoms with Crippen molar-refractivity contribution >= 4 is 5.97 Å². The normalized spacial score (nSPS) is 51.6. The number of carbonyl (C=O) groups is 1. The minimum Gasteiger partial charge on any atom is -0.458 e. The highest BCUT2D eigenvalue weighted by atomic mass is 16.5. The summed E-state index contributed by atoms with van der Waals surface area (Å²) in [5.74, 6) is 1.95. The SMILES string of the molecule is C[C@]12C[C@@H](O)[C@H](O)C[C@@H]1CC[C@H]1C3=CC[C@H](C4=CC(=O)OC4)[C@@]3(C)CC[C@@H]12. The Hall–Kier alpha value is -1.13. The summed E-state index contributed by atoms with van der Waals surface area (Å²) in [6, 6.07) is 0. The molecule has 0 radical (unpaired) electrons. The predicted molar refractivity (Wildman–Crippen MR) is 102 cm³/mol. The molecule has 3 saturated carbocycles. The number of aliphatic hydroxyl groups is 2. The van der Waals surface area contributed by atoms with Crippen molar-refractivity contribution in [3.05, 3.63) is 23.3 Å². The summed E-state index contributed by atoms with van der Waals surface area (Å²) in [4.78, 5) is 11.6. The van der Waals surface area contributed by atoms with E-state index in [0.29, 0.717) is 30.3 Å². The maximum absolute atomic E-state index is 11.6. The van der Waals surface area contributed by atoms with Gasteiger partial charge < -0.3 is 14.9 Å². The first-order valence-corrected chi connectivity index (χ1v) is 10.8. The van der Waals surface area contributed by atoms with Gasteiger partial charge in [-0.3, -0.25) is 0 Å². The monoisotopic (exact) mass is 372 g/mol. The molecule has 5 rings (SSSR count). The Bertz CT molecular complexity index is 724. The van der Waals surface area contributed by atoms with Gasteiger partial charge in [0, 0.05) is 6.08 Å². The van der Waals surface area contributed by atoms with Gasteiger partial charge in [-0.1, -0.05) is 25.5 Å². The quantitative estimate of drug-likeness (QED) is 0.547. The first-order valence-electron chi connectivity index (χ1n) is 10.8. The Morgan fingerprint density at radius 2 is 1.96 bits per heavy atom. The van der Waals surface area contributed by atoms with Gasteiger partial charge in [-0.2, -0.15) is 0 Å². The van der Waals surface area contributed by atoms with Gasteiger partial charge in [-0.15, -0.1) is 0 Å². The number of allylic oxidation sites excluding steroid dienone is 2. The van der Waals surface area contributed by atoms with Gasteiger partial charge in [0.15, 0.2) is 0 Å². The molecule has 2 N–H and O–H groups in total. The van der Waals surface area contributed by atoms with Crippen LogP contribution in [-0.4, -0.2) is 35.0 Å². The standard InChI is InChI=1S/C23H32O4/c1-22-8-7-18-15(4-3-14-10-19(24)20(25)11-23(14,18)2)17(22)6-5-16(22)13-9-21(26)27-12-13/h6,9,14-16,18-20,24-25H,3-5,7-8,10-12H2,1-2H3/t14-,15-,16+,18-,19+,20+,22+,23-/m0/s1. The molecular formula is C23H32O4. The van der Waals surface area contributed by atoms with Crippen molar-refractivity contribution < 1.29 is 19.7 Å². The first kappa shape index (κ1) is 17.9. The number of ether oxygens (including phenoxy) is 1. The zero-order valence-electron chi connectivity index (χ0n) is 16.5. The van der Waals surface area contributed by atoms with Crippen molar-refractivity contribution in [3.63, 3.8) is 0 Å². The van der Waals surface area contributed by atoms with Crippen molar-refractivity contribution in [2.24, 2.45) is 34.5 Å². The average Bonchev–Trinajstić information content (AvgIpc) is 3.19. The molecule has 27 heavy (non-hydrogen) atoms. The minimum atomic E-state index is -0.574. The largest absolute Gasteiger partial charge is 0.458 e. The molecule has 3 fully saturated rings. The van der Waals surface area contributed by atoms with E-state index < -0.39 is 12.2 Å². The molecule has 0 unspecified atom stereocenters. The highest BCUT2D eigenvalue weighted by Gasteiger charge is 2.59. The Morgan fingerprint density at radius 3 is 2.70 bits per heavy atom. The van der Waals surface area contributed by atoms with E-state index in [2.05, 4.69) is 19.9 Å². The van der Waals surface area contributed by atoms with Crippen LogP contribution < -0.4 is 0 Å². The van der Waals surface area contributed by atoms with Gasteiger partial charge in [0.2, 0.25) is 0 Å². The second kappa shape index (κ2) is 5.93. The molecule has 4 heteroatoms. The summed E-state index contributed by atoms with van der Waals surface area (Å²) in [7, 11) is 0. The Labute approximate surface area is 161 Å². The molecule has 4 aliphatic carbocycles. The number of esters is 1. The fourth-order valence-corrected chi connectivity index (χ4v) is 7.76. The molecule has 0 aromatic rings. The molecular weight excluding hydrogens is 340 g/mol. The molecule has 0 bridgehead atoms. The number of cyclic esters (lactones) is 1. The third kappa shape index (κ3) is 2.45. The molecule has 0 aromatic heterocycles. The topological polar surface area (TPSA) is 66.8 Å². The van der Waals surface area contributed by atoms with Gasteiger partial charge in [0.1, 0.15) is 6.61 Å². The number of carbonyl (C=O) groups excluding carboxylic acids is 1. The lowest BCUT2D eigenvalue weighted by molar-refractivity contribution is -0.135. The Kier molecular flexibility index (Phi) is 3.94. The van der Waals surface area contributed by atoms with Crippen LogP contribution in [0.5, 0.6) is 0 Å². The number of aliphatic hydroxyl groups excluding tert-OH is 2. The van der Waals surface area contributed by atoms with E-state index in [0.717, 1.165) is 32.1 Å². The molecule has 4 nitrogen and oxygen atoms in total. The number of hydrogen-bond acceptors (Lipinski definition) is 4. The van der Waals surface area contributed by atoms with E-state index >= 15 is 0 Å². The predicted octanol–water partition coefficient (Wildman–Crippen LogP) is 3.38. The van der Waals surface area contributed by atoms with E-state index in [1.807, 2.05) is 0 Å². The third-order valence-electron chi connectivity index (χ3n) is 9.22. The van der Waals surface area contributed by atoms with Crippen LogP contribution in [0.25, 0.3) is 0 Å². The van der Waals surface area contributed by atoms with Crippen LogP contribution in [0.3, 0.4) is 0 Å². The van der Waals surface area contributed by atoms with Crippen LogP contribution >= 0.6 is 0 Å². The summed E-state index contributed by atoms with van der Waals surface area (Å²) in [6.45, 7) is 5.26. The zero-order valence-corrected chi connectivity index (χ0v) is 16.5. The lowest BCUT2D eigenvalue weighted by Gasteiger charge is -2.60. The van der Waals surface area contributed by atoms with E-state index in [-0.39, 0.29) is 16.8 Å². The summed E-state index contributed by atoms with van der Waals surface area (Å²) in [6.07, 6.45) is 10.3. The van der Waals surface area contributed by atoms with Crippen LogP contribution in [0.15, 0.2) is 23.3 Å². The average molecular weight is 373 g/mol. The first-order chi connectivity index (χ1) is 12.8. The second-order valence-corrected chi connectivity index (χ2v) is 10.3. The molecule has 0 aromatic carbocycles. The van der Waals surface area contributed by atoms with Crippen LogP contribution in [0, 0.1) is 34.5 Å². The van der Waals surface area contributed by atoms with Gasteiger partial charge in [-0.25, -0.2) is 4.79 Å². The maximum atomic E-state index is 11.6. The van der Waals surface area contributed by atoms with Crippen LogP contribution in [-0.2, 0) is 9.53 Å². The minimum absolute atomic E-state index is 0.132. The molecule has 1 aliphatic heterocycles. The van der Waals surface area contributed by atoms with Gasteiger partial charge >= 0.3 is 5.97 Å². The molecule has 0 spiro atoms. The third-order valence-corrected chi connectivity index (χ3v) is 9.22. The van der Waals surface area contributed by atoms with E-state index in [9.17, 15) is 15.0 Å². The number of rotatable bonds is 1. The smallest absolute Gasteiger partial charge is 0.331 e. The summed E-state index contributed by atoms with van der Waals surface area (Å²) in [5.41, 5.74) is 3.08. The van der Waals surface area contributed by atoms with E-state index in [4.69, 9.17) is 4.74 Å². The van der Waals surface area contributed by atoms with Crippen LogP contribution in [0.2, 0.25) is 0 Å². The number of fused-ring (bicyclic) bond motifs is 5. The number of hydrogen-bond donors (Lipinski definition) is 2. The Balaban J connectivity index is 1.44. The van der Waals surface area contributed by atoms with Gasteiger partial charge in [0.05, 0.1) is 12.2 Å². The molecule has 0 saturated heterocycles. The Morgan fingerprint density at radius 1 is 1.15 bits per heavy atom. The second-order valence-electron chi connectivity index (χ2n) is 10.3. The van der Waals surface area contributed by atoms with Crippen LogP contribution in [0.4, 0.5) is 0 Å². The zero-order chi connectivity index (χ0) is 19.0. The molecule has 8 atom stereocenters. The molecule has 148 valence electrons. The van der Waals surface area contributed by atoms with Crippen LogP contribution in [0.1, 0.15) is 58.8 Å². The van der Waals surface area contributed by atoms with Gasteiger partial charge in [0.25, 0.3) is 0 Å². The lowest BCUT2D eigenvalue weighted by Crippen LogP contribution is -2.55. The highest BCUT2D eigenvalue weighted by Crippen LogP contribution is 2.66. The summed E-state index contributed by atoms with van der Waals surface area (Å²) >= 11 is 0. The lowest BCUT2D eigenvalue weighted by atomic mass is 9.45. The highest BCUT2D eigenvalue weighted by molar-refractivity contribution is 5.85. The van der Waals surface area contributed by atoms with Gasteiger partial charge in [-0.05, 0) is 85.0 Å². The van der Waals surface area contributed by atoms with Crippen molar-refractivity contribution in [2.75, 3.05) is 6.61 Å². The maximum Gasteiger partial charge on any atom is 0.331 e. The summed E-state index contributed by atoms with van der Waals surface area (Å²) < 4.78 is 5.21. The van der Waals surface area contributed by atoms with E-state index in [1.165, 1.54) is 18.4 Å². The van der Waals surface area contributed by atoms with Crippen molar-refractivity contribution in [1.29, 1.82) is 0 Å². The fourth-order valence-electron chi connectivity index (χ4n) is 7.76. The molecule has 5 aliphatic rings.